The number of hydrogen-bond acceptors (Lipinski definition) is 4. The van der Waals surface area contributed by atoms with Gasteiger partial charge in [-0.3, -0.25) is 0 Å². The molecule has 2 unspecified atom stereocenters. The fourth-order valence-corrected chi connectivity index (χ4v) is 4.32. The second-order valence-corrected chi connectivity index (χ2v) is 7.79. The fraction of sp³-hybridized carbons (Fsp3) is 0.600. The average Bonchev–Trinajstić information content (AvgIpc) is 2.42. The minimum absolute atomic E-state index is 0.0247. The van der Waals surface area contributed by atoms with Gasteiger partial charge in [0.25, 0.3) is 0 Å². The zero-order chi connectivity index (χ0) is 15.5. The van der Waals surface area contributed by atoms with Gasteiger partial charge in [0.05, 0.1) is 5.75 Å². The molecule has 1 aliphatic rings. The van der Waals surface area contributed by atoms with Crippen LogP contribution in [0.15, 0.2) is 24.3 Å². The van der Waals surface area contributed by atoms with Gasteiger partial charge in [0.15, 0.2) is 0 Å². The van der Waals surface area contributed by atoms with Crippen LogP contribution >= 0.6 is 0 Å². The summed E-state index contributed by atoms with van der Waals surface area (Å²) < 4.78 is 27.5. The topological polar surface area (TPSA) is 75.4 Å². The summed E-state index contributed by atoms with van der Waals surface area (Å²) in [6.45, 7) is 4.43. The van der Waals surface area contributed by atoms with Crippen molar-refractivity contribution in [3.8, 4) is 0 Å². The van der Waals surface area contributed by atoms with E-state index >= 15 is 0 Å². The van der Waals surface area contributed by atoms with Gasteiger partial charge in [-0.15, -0.1) is 0 Å². The summed E-state index contributed by atoms with van der Waals surface area (Å²) in [5, 5.41) is 0. The summed E-state index contributed by atoms with van der Waals surface area (Å²) in [6.07, 6.45) is 0.864. The van der Waals surface area contributed by atoms with Gasteiger partial charge < -0.3 is 10.6 Å². The van der Waals surface area contributed by atoms with E-state index in [9.17, 15) is 8.42 Å². The van der Waals surface area contributed by atoms with Crippen molar-refractivity contribution in [3.63, 3.8) is 0 Å². The van der Waals surface area contributed by atoms with E-state index in [0.29, 0.717) is 12.5 Å². The number of nitrogens with one attached hydrogen (secondary N) is 1. The molecule has 0 bridgehead atoms. The Morgan fingerprint density at radius 1 is 1.29 bits per heavy atom. The predicted octanol–water partition coefficient (Wildman–Crippen LogP) is 0.905. The molecular formula is C15H25N3O2S. The Morgan fingerprint density at radius 3 is 2.48 bits per heavy atom. The Bertz CT molecular complexity index is 557. The quantitative estimate of drug-likeness (QED) is 0.847. The number of hydrogen-bond donors (Lipinski definition) is 2. The van der Waals surface area contributed by atoms with E-state index < -0.39 is 10.0 Å². The van der Waals surface area contributed by atoms with Crippen LogP contribution in [0.25, 0.3) is 0 Å². The Kier molecular flexibility index (Phi) is 5.37. The maximum atomic E-state index is 12.3. The highest BCUT2D eigenvalue weighted by molar-refractivity contribution is 7.88. The largest absolute Gasteiger partial charge is 0.326 e. The SMILES string of the molecule is CC1CN(C)CCC1NS(=O)(=O)Cc1ccc(CN)cc1. The average molecular weight is 311 g/mol. The molecule has 2 rings (SSSR count). The predicted molar refractivity (Wildman–Crippen MR) is 85.2 cm³/mol. The zero-order valence-electron chi connectivity index (χ0n) is 12.7. The summed E-state index contributed by atoms with van der Waals surface area (Å²) in [6, 6.07) is 7.46. The van der Waals surface area contributed by atoms with Crippen molar-refractivity contribution >= 4 is 10.0 Å². The van der Waals surface area contributed by atoms with Gasteiger partial charge in [-0.25, -0.2) is 13.1 Å². The van der Waals surface area contributed by atoms with E-state index in [1.807, 2.05) is 24.3 Å². The van der Waals surface area contributed by atoms with E-state index in [0.717, 1.165) is 30.6 Å². The van der Waals surface area contributed by atoms with Crippen LogP contribution in [-0.4, -0.2) is 39.5 Å². The smallest absolute Gasteiger partial charge is 0.216 e. The normalized spacial score (nSPS) is 24.1. The van der Waals surface area contributed by atoms with Crippen molar-refractivity contribution in [3.05, 3.63) is 35.4 Å². The van der Waals surface area contributed by atoms with Crippen LogP contribution in [0, 0.1) is 5.92 Å². The molecule has 0 aliphatic carbocycles. The van der Waals surface area contributed by atoms with Crippen molar-refractivity contribution in [2.24, 2.45) is 11.7 Å². The van der Waals surface area contributed by atoms with E-state index in [1.54, 1.807) is 0 Å². The Morgan fingerprint density at radius 2 is 1.90 bits per heavy atom. The summed E-state index contributed by atoms with van der Waals surface area (Å²) in [5.74, 6) is 0.356. The fourth-order valence-electron chi connectivity index (χ4n) is 2.79. The minimum atomic E-state index is -3.30. The third-order valence-electron chi connectivity index (χ3n) is 4.05. The molecule has 3 N–H and O–H groups in total. The van der Waals surface area contributed by atoms with Gasteiger partial charge >= 0.3 is 0 Å². The van der Waals surface area contributed by atoms with Crippen LogP contribution in [0.2, 0.25) is 0 Å². The van der Waals surface area contributed by atoms with Crippen molar-refractivity contribution in [1.29, 1.82) is 0 Å². The van der Waals surface area contributed by atoms with Gasteiger partial charge in [-0.05, 0) is 37.1 Å². The number of nitrogens with zero attached hydrogens (tertiary/aromatic N) is 1. The van der Waals surface area contributed by atoms with Gasteiger partial charge in [-0.1, -0.05) is 31.2 Å². The highest BCUT2D eigenvalue weighted by atomic mass is 32.2. The van der Waals surface area contributed by atoms with Crippen molar-refractivity contribution in [2.45, 2.75) is 31.7 Å². The summed E-state index contributed by atoms with van der Waals surface area (Å²) >= 11 is 0. The Labute approximate surface area is 127 Å². The Balaban J connectivity index is 1.98. The molecule has 1 aromatic carbocycles. The molecule has 1 fully saturated rings. The maximum Gasteiger partial charge on any atom is 0.216 e. The molecule has 1 aliphatic heterocycles. The van der Waals surface area contributed by atoms with E-state index in [4.69, 9.17) is 5.73 Å². The van der Waals surface area contributed by atoms with Crippen LogP contribution in [-0.2, 0) is 22.3 Å². The van der Waals surface area contributed by atoms with Gasteiger partial charge in [0, 0.05) is 19.1 Å². The number of nitrogens with two attached hydrogens (primary N) is 1. The first-order valence-electron chi connectivity index (χ1n) is 7.36. The van der Waals surface area contributed by atoms with E-state index in [1.165, 1.54) is 0 Å². The van der Waals surface area contributed by atoms with E-state index in [-0.39, 0.29) is 11.8 Å². The standard InChI is InChI=1S/C15H25N3O2S/c1-12-10-18(2)8-7-15(12)17-21(19,20)11-14-5-3-13(9-16)4-6-14/h3-6,12,15,17H,7-11,16H2,1-2H3. The minimum Gasteiger partial charge on any atom is -0.326 e. The first-order chi connectivity index (χ1) is 9.89. The van der Waals surface area contributed by atoms with Crippen LogP contribution in [0.5, 0.6) is 0 Å². The second-order valence-electron chi connectivity index (χ2n) is 6.03. The molecule has 0 radical (unpaired) electrons. The molecule has 1 saturated heterocycles. The van der Waals surface area contributed by atoms with Crippen molar-refractivity contribution < 1.29 is 8.42 Å². The molecule has 1 aromatic rings. The van der Waals surface area contributed by atoms with Crippen LogP contribution in [0.3, 0.4) is 0 Å². The number of benzene rings is 1. The molecule has 2 atom stereocenters. The lowest BCUT2D eigenvalue weighted by atomic mass is 9.95. The zero-order valence-corrected chi connectivity index (χ0v) is 13.6. The lowest BCUT2D eigenvalue weighted by Gasteiger charge is -2.34. The van der Waals surface area contributed by atoms with Gasteiger partial charge in [0.2, 0.25) is 10.0 Å². The number of sulfonamides is 1. The van der Waals surface area contributed by atoms with Gasteiger partial charge in [0.1, 0.15) is 0 Å². The highest BCUT2D eigenvalue weighted by Gasteiger charge is 2.27. The van der Waals surface area contributed by atoms with Gasteiger partial charge in [-0.2, -0.15) is 0 Å². The summed E-state index contributed by atoms with van der Waals surface area (Å²) in [4.78, 5) is 2.24. The monoisotopic (exact) mass is 311 g/mol. The number of likely N-dealkylation sites (tertiary alicyclic amines) is 1. The third kappa shape index (κ3) is 4.78. The maximum absolute atomic E-state index is 12.3. The van der Waals surface area contributed by atoms with E-state index in [2.05, 4.69) is 23.6 Å². The summed E-state index contributed by atoms with van der Waals surface area (Å²) in [7, 11) is -1.23. The lowest BCUT2D eigenvalue weighted by molar-refractivity contribution is 0.188. The molecule has 118 valence electrons. The summed E-state index contributed by atoms with van der Waals surface area (Å²) in [5.41, 5.74) is 7.34. The molecule has 0 saturated carbocycles. The Hall–Kier alpha value is -0.950. The van der Waals surface area contributed by atoms with Crippen LogP contribution in [0.1, 0.15) is 24.5 Å². The molecule has 21 heavy (non-hydrogen) atoms. The third-order valence-corrected chi connectivity index (χ3v) is 5.43. The molecule has 6 heteroatoms. The lowest BCUT2D eigenvalue weighted by Crippen LogP contribution is -2.49. The molecule has 0 amide bonds. The number of piperidine rings is 1. The number of rotatable bonds is 5. The van der Waals surface area contributed by atoms with Crippen LogP contribution in [0.4, 0.5) is 0 Å². The molecule has 0 aromatic heterocycles. The highest BCUT2D eigenvalue weighted by Crippen LogP contribution is 2.17. The second kappa shape index (κ2) is 6.87. The molecule has 5 nitrogen and oxygen atoms in total. The first-order valence-corrected chi connectivity index (χ1v) is 9.01. The molecular weight excluding hydrogens is 286 g/mol. The van der Waals surface area contributed by atoms with Crippen molar-refractivity contribution in [2.75, 3.05) is 20.1 Å². The molecule has 0 spiro atoms. The van der Waals surface area contributed by atoms with Crippen LogP contribution < -0.4 is 10.5 Å². The first kappa shape index (κ1) is 16.4. The molecule has 1 heterocycles. The van der Waals surface area contributed by atoms with Crippen molar-refractivity contribution in [1.82, 2.24) is 9.62 Å².